The van der Waals surface area contributed by atoms with Crippen molar-refractivity contribution in [2.24, 2.45) is 5.73 Å². The Balaban J connectivity index is 0.677. The van der Waals surface area contributed by atoms with Crippen molar-refractivity contribution in [3.05, 3.63) is 88.5 Å². The van der Waals surface area contributed by atoms with E-state index < -0.39 is 5.54 Å². The Morgan fingerprint density at radius 3 is 2.23 bits per heavy atom. The summed E-state index contributed by atoms with van der Waals surface area (Å²) in [5, 5.41) is 25.6. The van der Waals surface area contributed by atoms with Gasteiger partial charge in [0.25, 0.3) is 11.8 Å². The number of likely N-dealkylation sites (tertiary alicyclic amines) is 2. The number of piperazine rings is 1. The van der Waals surface area contributed by atoms with Gasteiger partial charge in [-0.05, 0) is 79.1 Å². The SMILES string of the molecule is CC(C)c1cc(C(=O)N2Cc3ccc(CN4CCC(N5CCN(C(=O)CC6(N)CCN(C(=O)c7cn8nc(-c9cnc(N)nc9)cc(N9CCOCC9)c8n7)CC6)CC5)CC4)cc3C2)c(O)cc1O. The molecule has 69 heavy (non-hydrogen) atoms. The van der Waals surface area contributed by atoms with Crippen molar-refractivity contribution < 1.29 is 29.3 Å². The molecule has 0 unspecified atom stereocenters. The van der Waals surface area contributed by atoms with Crippen molar-refractivity contribution in [2.45, 2.75) is 83.1 Å². The maximum atomic E-state index is 13.9. The standard InChI is InChI=1S/C50H63N13O6/c1-32(2)38-22-39(44(65)24-43(38)64)47(67)62-29-34-4-3-33(21-35(34)30-62)28-57-9-5-37(6-10-57)58-13-15-60(16-14-58)45(66)25-50(52)7-11-61(12-8-50)48(68)41-31-63-46(55-41)42(59-17-19-69-20-18-59)23-40(56-63)36-26-53-49(51)54-27-36/h3-4,21-24,26-27,31-32,37,64-65H,5-20,25,28-30,52H2,1-2H3,(H2,51,53,54). The van der Waals surface area contributed by atoms with Crippen molar-refractivity contribution >= 4 is 35.0 Å². The average molecular weight is 942 g/mol. The number of piperidine rings is 2. The largest absolute Gasteiger partial charge is 0.508 e. The van der Waals surface area contributed by atoms with Crippen LogP contribution >= 0.6 is 0 Å². The van der Waals surface area contributed by atoms with Crippen LogP contribution in [0.25, 0.3) is 16.9 Å². The molecule has 3 aromatic heterocycles. The first kappa shape index (κ1) is 46.3. The molecule has 10 rings (SSSR count). The topological polar surface area (TPSA) is 228 Å². The summed E-state index contributed by atoms with van der Waals surface area (Å²) in [6.45, 7) is 14.1. The predicted octanol–water partition coefficient (Wildman–Crippen LogP) is 3.43. The molecule has 5 aromatic rings. The number of morpholine rings is 1. The zero-order valence-electron chi connectivity index (χ0n) is 39.6. The fourth-order valence-corrected chi connectivity index (χ4v) is 10.7. The van der Waals surface area contributed by atoms with Gasteiger partial charge in [0.15, 0.2) is 5.65 Å². The fourth-order valence-electron chi connectivity index (χ4n) is 10.7. The van der Waals surface area contributed by atoms with Crippen molar-refractivity contribution in [2.75, 3.05) is 89.3 Å². The molecule has 0 aliphatic carbocycles. The number of phenolic OH excluding ortho intramolecular Hbond substituents is 2. The molecule has 0 spiro atoms. The number of nitrogen functional groups attached to an aromatic ring is 1. The van der Waals surface area contributed by atoms with Crippen LogP contribution in [0.5, 0.6) is 11.5 Å². The van der Waals surface area contributed by atoms with Crippen molar-refractivity contribution in [1.82, 2.24) is 49.1 Å². The number of rotatable bonds is 10. The van der Waals surface area contributed by atoms with Gasteiger partial charge in [-0.2, -0.15) is 5.10 Å². The number of aromatic hydroxyl groups is 2. The number of phenols is 2. The van der Waals surface area contributed by atoms with Gasteiger partial charge in [-0.15, -0.1) is 0 Å². The van der Waals surface area contributed by atoms with Gasteiger partial charge in [0.2, 0.25) is 11.9 Å². The molecule has 0 bridgehead atoms. The van der Waals surface area contributed by atoms with Gasteiger partial charge in [0.1, 0.15) is 17.2 Å². The molecule has 5 aliphatic heterocycles. The predicted molar refractivity (Wildman–Crippen MR) is 258 cm³/mol. The molecule has 364 valence electrons. The van der Waals surface area contributed by atoms with Crippen LogP contribution in [0.4, 0.5) is 11.6 Å². The second-order valence-electron chi connectivity index (χ2n) is 19.8. The van der Waals surface area contributed by atoms with E-state index in [1.807, 2.05) is 24.8 Å². The highest BCUT2D eigenvalue weighted by molar-refractivity contribution is 5.98. The number of aromatic nitrogens is 5. The third-order valence-electron chi connectivity index (χ3n) is 14.9. The molecule has 0 saturated carbocycles. The van der Waals surface area contributed by atoms with Crippen molar-refractivity contribution in [3.8, 4) is 22.8 Å². The number of fused-ring (bicyclic) bond motifs is 2. The van der Waals surface area contributed by atoms with E-state index in [4.69, 9.17) is 26.3 Å². The van der Waals surface area contributed by atoms with E-state index >= 15 is 0 Å². The molecule has 5 aliphatic rings. The minimum absolute atomic E-state index is 0.00277. The number of imidazole rings is 1. The third-order valence-corrected chi connectivity index (χ3v) is 14.9. The zero-order valence-corrected chi connectivity index (χ0v) is 39.6. The van der Waals surface area contributed by atoms with Crippen LogP contribution < -0.4 is 16.4 Å². The number of carbonyl (C=O) groups excluding carboxylic acids is 3. The number of nitrogens with two attached hydrogens (primary N) is 2. The lowest BCUT2D eigenvalue weighted by Gasteiger charge is -2.44. The summed E-state index contributed by atoms with van der Waals surface area (Å²) < 4.78 is 7.25. The van der Waals surface area contributed by atoms with Gasteiger partial charge >= 0.3 is 0 Å². The van der Waals surface area contributed by atoms with E-state index in [1.54, 1.807) is 39.0 Å². The second-order valence-corrected chi connectivity index (χ2v) is 19.8. The number of anilines is 2. The first-order chi connectivity index (χ1) is 33.3. The number of hydrogen-bond donors (Lipinski definition) is 4. The van der Waals surface area contributed by atoms with Gasteiger partial charge in [-0.3, -0.25) is 24.2 Å². The van der Waals surface area contributed by atoms with E-state index in [2.05, 4.69) is 42.9 Å². The quantitative estimate of drug-likeness (QED) is 0.157. The van der Waals surface area contributed by atoms with Gasteiger partial charge < -0.3 is 46.0 Å². The summed E-state index contributed by atoms with van der Waals surface area (Å²) in [5.74, 6) is -0.376. The smallest absolute Gasteiger partial charge is 0.274 e. The van der Waals surface area contributed by atoms with Crippen molar-refractivity contribution in [3.63, 3.8) is 0 Å². The number of ether oxygens (including phenoxy) is 1. The average Bonchev–Trinajstić information content (AvgIpc) is 3.99. The minimum atomic E-state index is -0.691. The highest BCUT2D eigenvalue weighted by Crippen LogP contribution is 2.35. The molecule has 6 N–H and O–H groups in total. The first-order valence-electron chi connectivity index (χ1n) is 24.4. The second kappa shape index (κ2) is 19.2. The van der Waals surface area contributed by atoms with Gasteiger partial charge in [0, 0.05) is 114 Å². The van der Waals surface area contributed by atoms with Gasteiger partial charge in [-0.25, -0.2) is 19.5 Å². The first-order valence-corrected chi connectivity index (χ1v) is 24.4. The van der Waals surface area contributed by atoms with E-state index in [9.17, 15) is 24.6 Å². The van der Waals surface area contributed by atoms with Crippen LogP contribution in [0.15, 0.2) is 55.0 Å². The number of hydrogen-bond acceptors (Lipinski definition) is 15. The maximum absolute atomic E-state index is 13.9. The Hall–Kier alpha value is -6.41. The third kappa shape index (κ3) is 9.77. The fraction of sp³-hybridized carbons (Fsp3) is 0.500. The lowest BCUT2D eigenvalue weighted by Crippen LogP contribution is -2.57. The summed E-state index contributed by atoms with van der Waals surface area (Å²) in [7, 11) is 0. The zero-order chi connectivity index (χ0) is 48.0. The summed E-state index contributed by atoms with van der Waals surface area (Å²) in [6, 6.07) is 11.8. The van der Waals surface area contributed by atoms with Crippen molar-refractivity contribution in [1.29, 1.82) is 0 Å². The van der Waals surface area contributed by atoms with E-state index in [0.717, 1.165) is 62.4 Å². The normalized spacial score (nSPS) is 19.4. The number of carbonyl (C=O) groups is 3. The molecule has 19 nitrogen and oxygen atoms in total. The Labute approximate surface area is 401 Å². The molecule has 4 saturated heterocycles. The molecule has 3 amide bonds. The Bertz CT molecular complexity index is 2720. The van der Waals surface area contributed by atoms with Crippen LogP contribution in [-0.4, -0.2) is 167 Å². The van der Waals surface area contributed by atoms with E-state index in [-0.39, 0.29) is 53.1 Å². The Morgan fingerprint density at radius 1 is 0.812 bits per heavy atom. The number of nitrogens with zero attached hydrogens (tertiary/aromatic N) is 11. The minimum Gasteiger partial charge on any atom is -0.508 e. The molecule has 0 radical (unpaired) electrons. The Kier molecular flexibility index (Phi) is 12.9. The highest BCUT2D eigenvalue weighted by Gasteiger charge is 2.38. The van der Waals surface area contributed by atoms with Gasteiger partial charge in [-0.1, -0.05) is 32.0 Å². The highest BCUT2D eigenvalue weighted by atomic mass is 16.5. The van der Waals surface area contributed by atoms with Crippen LogP contribution in [0.2, 0.25) is 0 Å². The summed E-state index contributed by atoms with van der Waals surface area (Å²) in [6.07, 6.45) is 8.36. The van der Waals surface area contributed by atoms with E-state index in [1.165, 1.54) is 11.6 Å². The molecular formula is C50H63N13O6. The summed E-state index contributed by atoms with van der Waals surface area (Å²) in [5.41, 5.74) is 19.3. The lowest BCUT2D eigenvalue weighted by molar-refractivity contribution is -0.135. The van der Waals surface area contributed by atoms with Crippen LogP contribution in [0, 0.1) is 0 Å². The lowest BCUT2D eigenvalue weighted by atomic mass is 9.84. The molecule has 19 heteroatoms. The monoisotopic (exact) mass is 942 g/mol. The van der Waals surface area contributed by atoms with Crippen LogP contribution in [0.3, 0.4) is 0 Å². The molecule has 0 atom stereocenters. The Morgan fingerprint density at radius 2 is 1.52 bits per heavy atom. The molecule has 2 aromatic carbocycles. The maximum Gasteiger partial charge on any atom is 0.274 e. The number of amides is 3. The molecular weight excluding hydrogens is 879 g/mol. The number of benzene rings is 2. The van der Waals surface area contributed by atoms with Crippen LogP contribution in [0.1, 0.15) is 95.0 Å². The molecule has 8 heterocycles. The van der Waals surface area contributed by atoms with E-state index in [0.29, 0.717) is 113 Å². The summed E-state index contributed by atoms with van der Waals surface area (Å²) >= 11 is 0. The van der Waals surface area contributed by atoms with Gasteiger partial charge in [0.05, 0.1) is 36.4 Å². The van der Waals surface area contributed by atoms with Crippen LogP contribution in [-0.2, 0) is 29.2 Å². The summed E-state index contributed by atoms with van der Waals surface area (Å²) in [4.78, 5) is 67.0. The molecule has 4 fully saturated rings.